The molecule has 2 N–H and O–H groups in total. The Morgan fingerprint density at radius 3 is 2.69 bits per heavy atom. The van der Waals surface area contributed by atoms with Gasteiger partial charge in [0, 0.05) is 54.4 Å². The van der Waals surface area contributed by atoms with Gasteiger partial charge in [-0.3, -0.25) is 4.79 Å². The largest absolute Gasteiger partial charge is 0.384 e. The second-order valence-corrected chi connectivity index (χ2v) is 9.04. The normalized spacial score (nSPS) is 14.7. The Hall–Kier alpha value is -2.54. The van der Waals surface area contributed by atoms with E-state index in [4.69, 9.17) is 0 Å². The first-order chi connectivity index (χ1) is 12.3. The molecule has 1 aliphatic carbocycles. The molecule has 26 heavy (non-hydrogen) atoms. The highest BCUT2D eigenvalue weighted by Crippen LogP contribution is 2.36. The molecule has 7 heteroatoms. The van der Waals surface area contributed by atoms with Crippen LogP contribution in [-0.4, -0.2) is 30.8 Å². The number of H-pyrrole nitrogens is 1. The zero-order chi connectivity index (χ0) is 18.5. The lowest BCUT2D eigenvalue weighted by atomic mass is 10.0. The summed E-state index contributed by atoms with van der Waals surface area (Å²) >= 11 is 0. The second-order valence-electron chi connectivity index (χ2n) is 7.03. The van der Waals surface area contributed by atoms with Crippen molar-refractivity contribution >= 4 is 26.4 Å². The SMILES string of the molecule is Cn1ccc2c(-c3cc(S(C)(=O)=O)ccc3NCC3CC3)c[nH]c2c1=O. The summed E-state index contributed by atoms with van der Waals surface area (Å²) in [6, 6.07) is 7.00. The van der Waals surface area contributed by atoms with Crippen LogP contribution in [0.2, 0.25) is 0 Å². The third-order valence-electron chi connectivity index (χ3n) is 4.91. The molecule has 0 atom stereocenters. The number of pyridine rings is 1. The Balaban J connectivity index is 1.90. The number of nitrogens with zero attached hydrogens (tertiary/aromatic N) is 1. The molecular formula is C19H21N3O3S. The van der Waals surface area contributed by atoms with Crippen molar-refractivity contribution in [2.75, 3.05) is 18.1 Å². The Labute approximate surface area is 151 Å². The van der Waals surface area contributed by atoms with Crippen molar-refractivity contribution in [2.45, 2.75) is 17.7 Å². The summed E-state index contributed by atoms with van der Waals surface area (Å²) in [6.45, 7) is 0.870. The van der Waals surface area contributed by atoms with Crippen LogP contribution < -0.4 is 10.9 Å². The Morgan fingerprint density at radius 1 is 1.23 bits per heavy atom. The summed E-state index contributed by atoms with van der Waals surface area (Å²) in [5, 5.41) is 4.23. The average Bonchev–Trinajstić information content (AvgIpc) is 3.33. The highest BCUT2D eigenvalue weighted by atomic mass is 32.2. The minimum Gasteiger partial charge on any atom is -0.384 e. The van der Waals surface area contributed by atoms with Crippen LogP contribution >= 0.6 is 0 Å². The topological polar surface area (TPSA) is 84.0 Å². The number of aromatic nitrogens is 2. The Bertz CT molecular complexity index is 1150. The van der Waals surface area contributed by atoms with Gasteiger partial charge in [-0.25, -0.2) is 8.42 Å². The zero-order valence-corrected chi connectivity index (χ0v) is 15.6. The third kappa shape index (κ3) is 3.03. The fourth-order valence-corrected chi connectivity index (χ4v) is 3.79. The number of anilines is 1. The van der Waals surface area contributed by atoms with Crippen molar-refractivity contribution in [1.29, 1.82) is 0 Å². The monoisotopic (exact) mass is 371 g/mol. The van der Waals surface area contributed by atoms with Crippen LogP contribution in [0.5, 0.6) is 0 Å². The Morgan fingerprint density at radius 2 is 2.00 bits per heavy atom. The molecule has 0 saturated heterocycles. The van der Waals surface area contributed by atoms with Crippen molar-refractivity contribution in [3.8, 4) is 11.1 Å². The Kier molecular flexibility index (Phi) is 3.91. The molecule has 4 rings (SSSR count). The van der Waals surface area contributed by atoms with Gasteiger partial charge >= 0.3 is 0 Å². The fourth-order valence-electron chi connectivity index (χ4n) is 3.15. The quantitative estimate of drug-likeness (QED) is 0.722. The minimum atomic E-state index is -3.32. The second kappa shape index (κ2) is 6.02. The van der Waals surface area contributed by atoms with E-state index >= 15 is 0 Å². The van der Waals surface area contributed by atoms with E-state index in [0.717, 1.165) is 28.7 Å². The van der Waals surface area contributed by atoms with Gasteiger partial charge in [0.2, 0.25) is 0 Å². The molecule has 1 aliphatic rings. The summed E-state index contributed by atoms with van der Waals surface area (Å²) in [4.78, 5) is 15.6. The number of nitrogens with one attached hydrogen (secondary N) is 2. The van der Waals surface area contributed by atoms with Crippen LogP contribution in [-0.2, 0) is 16.9 Å². The zero-order valence-electron chi connectivity index (χ0n) is 14.7. The number of fused-ring (bicyclic) bond motifs is 1. The number of aryl methyl sites for hydroxylation is 1. The number of sulfone groups is 1. The van der Waals surface area contributed by atoms with Crippen molar-refractivity contribution < 1.29 is 8.42 Å². The van der Waals surface area contributed by atoms with E-state index in [1.165, 1.54) is 23.7 Å². The molecule has 2 heterocycles. The van der Waals surface area contributed by atoms with Gasteiger partial charge < -0.3 is 14.9 Å². The van der Waals surface area contributed by atoms with Crippen LogP contribution in [0.1, 0.15) is 12.8 Å². The molecular weight excluding hydrogens is 350 g/mol. The van der Waals surface area contributed by atoms with Gasteiger partial charge in [-0.1, -0.05) is 0 Å². The number of hydrogen-bond acceptors (Lipinski definition) is 4. The molecule has 0 aliphatic heterocycles. The van der Waals surface area contributed by atoms with E-state index in [0.29, 0.717) is 11.4 Å². The standard InChI is InChI=1S/C19H21N3O3S/c1-22-8-7-14-16(11-21-18(14)19(22)23)15-9-13(26(2,24)25)5-6-17(15)20-10-12-3-4-12/h5-9,11-12,20-21H,3-4,10H2,1-2H3. The summed E-state index contributed by atoms with van der Waals surface area (Å²) in [6.07, 6.45) is 7.16. The van der Waals surface area contributed by atoms with Gasteiger partial charge in [0.25, 0.3) is 5.56 Å². The summed E-state index contributed by atoms with van der Waals surface area (Å²) in [5.74, 6) is 0.688. The van der Waals surface area contributed by atoms with Gasteiger partial charge in [0.1, 0.15) is 5.52 Å². The number of hydrogen-bond donors (Lipinski definition) is 2. The molecule has 1 fully saturated rings. The van der Waals surface area contributed by atoms with Gasteiger partial charge in [-0.2, -0.15) is 0 Å². The van der Waals surface area contributed by atoms with E-state index in [1.807, 2.05) is 12.1 Å². The molecule has 1 saturated carbocycles. The van der Waals surface area contributed by atoms with Gasteiger partial charge in [0.15, 0.2) is 9.84 Å². The molecule has 136 valence electrons. The summed E-state index contributed by atoms with van der Waals surface area (Å²) < 4.78 is 25.6. The summed E-state index contributed by atoms with van der Waals surface area (Å²) in [5.41, 5.74) is 2.89. The molecule has 0 bridgehead atoms. The molecule has 1 aromatic carbocycles. The first kappa shape index (κ1) is 16.9. The maximum atomic E-state index is 12.3. The van der Waals surface area contributed by atoms with Gasteiger partial charge in [-0.15, -0.1) is 0 Å². The fraction of sp³-hybridized carbons (Fsp3) is 0.316. The van der Waals surface area contributed by atoms with E-state index < -0.39 is 9.84 Å². The van der Waals surface area contributed by atoms with E-state index in [9.17, 15) is 13.2 Å². The number of aromatic amines is 1. The van der Waals surface area contributed by atoms with Crippen LogP contribution in [0.4, 0.5) is 5.69 Å². The smallest absolute Gasteiger partial charge is 0.274 e. The van der Waals surface area contributed by atoms with Crippen LogP contribution in [0, 0.1) is 5.92 Å². The molecule has 6 nitrogen and oxygen atoms in total. The number of rotatable bonds is 5. The molecule has 3 aromatic rings. The lowest BCUT2D eigenvalue weighted by molar-refractivity contribution is 0.602. The van der Waals surface area contributed by atoms with E-state index in [-0.39, 0.29) is 10.5 Å². The van der Waals surface area contributed by atoms with E-state index in [2.05, 4.69) is 10.3 Å². The first-order valence-corrected chi connectivity index (χ1v) is 10.5. The predicted molar refractivity (Wildman–Crippen MR) is 103 cm³/mol. The van der Waals surface area contributed by atoms with Crippen LogP contribution in [0.3, 0.4) is 0 Å². The highest BCUT2D eigenvalue weighted by molar-refractivity contribution is 7.90. The maximum Gasteiger partial charge on any atom is 0.274 e. The molecule has 2 aromatic heterocycles. The van der Waals surface area contributed by atoms with Crippen molar-refractivity contribution in [3.05, 3.63) is 47.0 Å². The molecule has 0 amide bonds. The average molecular weight is 371 g/mol. The molecule has 0 unspecified atom stereocenters. The minimum absolute atomic E-state index is 0.111. The molecule has 0 radical (unpaired) electrons. The van der Waals surface area contributed by atoms with Gasteiger partial charge in [0.05, 0.1) is 4.90 Å². The third-order valence-corrected chi connectivity index (χ3v) is 6.02. The lowest BCUT2D eigenvalue weighted by Gasteiger charge is -2.13. The lowest BCUT2D eigenvalue weighted by Crippen LogP contribution is -2.15. The van der Waals surface area contributed by atoms with E-state index in [1.54, 1.807) is 31.6 Å². The van der Waals surface area contributed by atoms with Crippen LogP contribution in [0.25, 0.3) is 22.0 Å². The van der Waals surface area contributed by atoms with Crippen molar-refractivity contribution in [2.24, 2.45) is 13.0 Å². The van der Waals surface area contributed by atoms with Crippen molar-refractivity contribution in [1.82, 2.24) is 9.55 Å². The molecule has 0 spiro atoms. The summed E-state index contributed by atoms with van der Waals surface area (Å²) in [7, 11) is -1.62. The van der Waals surface area contributed by atoms with Crippen LogP contribution in [0.15, 0.2) is 46.3 Å². The number of benzene rings is 1. The van der Waals surface area contributed by atoms with Gasteiger partial charge in [-0.05, 0) is 43.0 Å². The first-order valence-electron chi connectivity index (χ1n) is 8.59. The highest BCUT2D eigenvalue weighted by Gasteiger charge is 2.22. The maximum absolute atomic E-state index is 12.3. The predicted octanol–water partition coefficient (Wildman–Crippen LogP) is 2.76. The van der Waals surface area contributed by atoms with Crippen molar-refractivity contribution in [3.63, 3.8) is 0 Å².